The average molecular weight is 347 g/mol. The molecule has 0 saturated heterocycles. The lowest BCUT2D eigenvalue weighted by atomic mass is 10.1. The predicted molar refractivity (Wildman–Crippen MR) is 94.7 cm³/mol. The van der Waals surface area contributed by atoms with Gasteiger partial charge in [0, 0.05) is 16.1 Å². The number of rotatable bonds is 5. The van der Waals surface area contributed by atoms with Crippen LogP contribution in [0.2, 0.25) is 10.0 Å². The molecule has 0 aliphatic carbocycles. The van der Waals surface area contributed by atoms with Crippen LogP contribution in [0.25, 0.3) is 11.3 Å². The van der Waals surface area contributed by atoms with Crippen LogP contribution in [0.15, 0.2) is 59.0 Å². The summed E-state index contributed by atoms with van der Waals surface area (Å²) >= 11 is 12.2. The maximum Gasteiger partial charge on any atom is 0.158 e. The summed E-state index contributed by atoms with van der Waals surface area (Å²) in [7, 11) is 0. The van der Waals surface area contributed by atoms with Crippen molar-refractivity contribution in [2.75, 3.05) is 0 Å². The zero-order chi connectivity index (χ0) is 16.2. The summed E-state index contributed by atoms with van der Waals surface area (Å²) in [5, 5.41) is 3.50. The molecule has 4 heteroatoms. The summed E-state index contributed by atoms with van der Waals surface area (Å²) in [5.74, 6) is 1.67. The van der Waals surface area contributed by atoms with Crippen molar-refractivity contribution in [2.45, 2.75) is 20.0 Å². The van der Waals surface area contributed by atoms with Crippen LogP contribution in [-0.2, 0) is 13.1 Å². The van der Waals surface area contributed by atoms with Crippen molar-refractivity contribution in [2.24, 2.45) is 0 Å². The Morgan fingerprint density at radius 2 is 1.70 bits per heavy atom. The Hall–Kier alpha value is -1.74. The highest BCUT2D eigenvalue weighted by atomic mass is 35.5. The first-order chi connectivity index (χ1) is 11.1. The average Bonchev–Trinajstić information content (AvgIpc) is 3.00. The van der Waals surface area contributed by atoms with Crippen molar-refractivity contribution in [3.63, 3.8) is 0 Å². The van der Waals surface area contributed by atoms with E-state index in [2.05, 4.69) is 36.5 Å². The van der Waals surface area contributed by atoms with Crippen LogP contribution in [0.5, 0.6) is 0 Å². The number of benzene rings is 2. The van der Waals surface area contributed by atoms with Gasteiger partial charge in [-0.1, -0.05) is 53.0 Å². The molecule has 118 valence electrons. The van der Waals surface area contributed by atoms with E-state index in [0.717, 1.165) is 30.2 Å². The van der Waals surface area contributed by atoms with E-state index in [0.29, 0.717) is 10.0 Å². The van der Waals surface area contributed by atoms with Gasteiger partial charge in [-0.15, -0.1) is 0 Å². The molecule has 1 heterocycles. The summed E-state index contributed by atoms with van der Waals surface area (Å²) in [5.41, 5.74) is 3.41. The predicted octanol–water partition coefficient (Wildman–Crippen LogP) is 4.83. The minimum absolute atomic E-state index is 0.638. The fourth-order valence-corrected chi connectivity index (χ4v) is 2.81. The first-order valence-electron chi connectivity index (χ1n) is 7.53. The Kier molecular flexibility index (Phi) is 5.06. The molecule has 0 saturated carbocycles. The monoisotopic (exact) mass is 346 g/mol. The summed E-state index contributed by atoms with van der Waals surface area (Å²) < 4.78 is 5.89. The Morgan fingerprint density at radius 1 is 0.913 bits per heavy atom. The molecule has 2 nitrogen and oxygen atoms in total. The van der Waals surface area contributed by atoms with Crippen LogP contribution < -0.4 is 5.32 Å². The van der Waals surface area contributed by atoms with E-state index in [-0.39, 0.29) is 0 Å². The molecule has 0 atom stereocenters. The van der Waals surface area contributed by atoms with Gasteiger partial charge in [0.2, 0.25) is 0 Å². The summed E-state index contributed by atoms with van der Waals surface area (Å²) in [6, 6.07) is 17.9. The van der Waals surface area contributed by atoms with Crippen LogP contribution in [0.1, 0.15) is 16.9 Å². The smallest absolute Gasteiger partial charge is 0.158 e. The van der Waals surface area contributed by atoms with E-state index in [1.807, 2.05) is 18.2 Å². The molecule has 23 heavy (non-hydrogen) atoms. The third kappa shape index (κ3) is 4.17. The van der Waals surface area contributed by atoms with Gasteiger partial charge in [-0.3, -0.25) is 0 Å². The highest BCUT2D eigenvalue weighted by molar-refractivity contribution is 6.35. The molecular weight excluding hydrogens is 329 g/mol. The number of hydrogen-bond donors (Lipinski definition) is 1. The third-order valence-corrected chi connectivity index (χ3v) is 4.27. The molecule has 0 amide bonds. The number of hydrogen-bond acceptors (Lipinski definition) is 1. The maximum atomic E-state index is 6.21. The Bertz CT molecular complexity index is 793. The van der Waals surface area contributed by atoms with Crippen molar-refractivity contribution < 1.29 is 9.73 Å². The van der Waals surface area contributed by atoms with Gasteiger partial charge in [-0.2, -0.15) is 0 Å². The van der Waals surface area contributed by atoms with E-state index in [9.17, 15) is 0 Å². The zero-order valence-electron chi connectivity index (χ0n) is 12.9. The molecule has 0 radical (unpaired) electrons. The highest BCUT2D eigenvalue weighted by Crippen LogP contribution is 2.31. The number of quaternary nitrogens is 1. The highest BCUT2D eigenvalue weighted by Gasteiger charge is 2.10. The fourth-order valence-electron chi connectivity index (χ4n) is 2.42. The summed E-state index contributed by atoms with van der Waals surface area (Å²) in [4.78, 5) is 0. The van der Waals surface area contributed by atoms with E-state index in [1.165, 1.54) is 11.1 Å². The Morgan fingerprint density at radius 3 is 2.48 bits per heavy atom. The lowest BCUT2D eigenvalue weighted by molar-refractivity contribution is -0.687. The molecule has 2 N–H and O–H groups in total. The van der Waals surface area contributed by atoms with Gasteiger partial charge in [0.1, 0.15) is 18.8 Å². The quantitative estimate of drug-likeness (QED) is 0.704. The summed E-state index contributed by atoms with van der Waals surface area (Å²) in [6.45, 7) is 3.80. The van der Waals surface area contributed by atoms with Gasteiger partial charge in [0.25, 0.3) is 0 Å². The third-order valence-electron chi connectivity index (χ3n) is 3.70. The normalized spacial score (nSPS) is 10.9. The number of furan rings is 1. The van der Waals surface area contributed by atoms with E-state index < -0.39 is 0 Å². The molecule has 0 fully saturated rings. The molecule has 3 aromatic rings. The fraction of sp³-hybridized carbons (Fsp3) is 0.158. The second-order valence-corrected chi connectivity index (χ2v) is 6.42. The maximum absolute atomic E-state index is 6.21. The largest absolute Gasteiger partial charge is 0.455 e. The molecule has 0 spiro atoms. The van der Waals surface area contributed by atoms with Gasteiger partial charge >= 0.3 is 0 Å². The van der Waals surface area contributed by atoms with Crippen molar-refractivity contribution in [3.05, 3.63) is 81.5 Å². The first-order valence-corrected chi connectivity index (χ1v) is 8.29. The number of nitrogens with two attached hydrogens (primary N) is 1. The van der Waals surface area contributed by atoms with Gasteiger partial charge in [0.15, 0.2) is 5.76 Å². The molecule has 1 aromatic heterocycles. The van der Waals surface area contributed by atoms with Crippen LogP contribution in [0.3, 0.4) is 0 Å². The molecule has 2 aromatic carbocycles. The Balaban J connectivity index is 1.63. The van der Waals surface area contributed by atoms with Gasteiger partial charge < -0.3 is 9.73 Å². The minimum Gasteiger partial charge on any atom is -0.455 e. The number of aryl methyl sites for hydroxylation is 1. The van der Waals surface area contributed by atoms with E-state index in [4.69, 9.17) is 27.6 Å². The van der Waals surface area contributed by atoms with Crippen LogP contribution in [-0.4, -0.2) is 0 Å². The van der Waals surface area contributed by atoms with Gasteiger partial charge in [0.05, 0.1) is 5.02 Å². The molecule has 0 aliphatic heterocycles. The van der Waals surface area contributed by atoms with Gasteiger partial charge in [-0.05, 0) is 37.3 Å². The summed E-state index contributed by atoms with van der Waals surface area (Å²) in [6.07, 6.45) is 0. The number of halogens is 2. The molecule has 3 rings (SSSR count). The molecular formula is C19H18Cl2NO+. The first kappa shape index (κ1) is 16.1. The lowest BCUT2D eigenvalue weighted by Gasteiger charge is -2.02. The van der Waals surface area contributed by atoms with E-state index >= 15 is 0 Å². The second-order valence-electron chi connectivity index (χ2n) is 5.57. The van der Waals surface area contributed by atoms with Crippen LogP contribution in [0, 0.1) is 6.92 Å². The molecule has 0 unspecified atom stereocenters. The van der Waals surface area contributed by atoms with Crippen molar-refractivity contribution >= 4 is 23.2 Å². The van der Waals surface area contributed by atoms with Crippen molar-refractivity contribution in [1.29, 1.82) is 0 Å². The second kappa shape index (κ2) is 7.22. The topological polar surface area (TPSA) is 29.8 Å². The zero-order valence-corrected chi connectivity index (χ0v) is 14.4. The van der Waals surface area contributed by atoms with Gasteiger partial charge in [-0.25, -0.2) is 0 Å². The molecule has 0 bridgehead atoms. The van der Waals surface area contributed by atoms with Crippen LogP contribution >= 0.6 is 23.2 Å². The van der Waals surface area contributed by atoms with Crippen molar-refractivity contribution in [1.82, 2.24) is 0 Å². The molecule has 0 aliphatic rings. The van der Waals surface area contributed by atoms with Crippen LogP contribution in [0.4, 0.5) is 0 Å². The Labute approximate surface area is 146 Å². The minimum atomic E-state index is 0.638. The SMILES string of the molecule is Cc1ccc(C[NH2+]Cc2ccc(-c3cc(Cl)ccc3Cl)o2)cc1. The van der Waals surface area contributed by atoms with Crippen molar-refractivity contribution in [3.8, 4) is 11.3 Å². The van der Waals surface area contributed by atoms with E-state index in [1.54, 1.807) is 12.1 Å². The lowest BCUT2D eigenvalue weighted by Crippen LogP contribution is -2.80. The standard InChI is InChI=1S/C19H17Cl2NO/c1-13-2-4-14(5-3-13)11-22-12-16-7-9-19(23-16)17-10-15(20)6-8-18(17)21/h2-10,22H,11-12H2,1H3/p+1.